The fourth-order valence-electron chi connectivity index (χ4n) is 3.12. The molecular formula is C17H28N2. The third-order valence-corrected chi connectivity index (χ3v) is 4.33. The molecule has 1 aromatic carbocycles. The molecule has 2 rings (SSSR count). The van der Waals surface area contributed by atoms with E-state index in [1.807, 2.05) is 0 Å². The Bertz CT molecular complexity index is 396. The third kappa shape index (κ3) is 3.73. The van der Waals surface area contributed by atoms with Gasteiger partial charge in [0.2, 0.25) is 0 Å². The normalized spacial score (nSPS) is 16.3. The highest BCUT2D eigenvalue weighted by Crippen LogP contribution is 2.28. The molecule has 1 unspecified atom stereocenters. The number of aryl methyl sites for hydroxylation is 2. The lowest BCUT2D eigenvalue weighted by Crippen LogP contribution is -2.32. The number of nitrogens with zero attached hydrogens (tertiary/aromatic N) is 1. The van der Waals surface area contributed by atoms with E-state index in [2.05, 4.69) is 49.3 Å². The molecule has 1 aliphatic heterocycles. The quantitative estimate of drug-likeness (QED) is 0.842. The predicted octanol–water partition coefficient (Wildman–Crippen LogP) is 3.53. The van der Waals surface area contributed by atoms with Crippen LogP contribution in [0.4, 0.5) is 5.69 Å². The van der Waals surface area contributed by atoms with Gasteiger partial charge in [0.25, 0.3) is 0 Å². The minimum Gasteiger partial charge on any atom is -0.371 e. The van der Waals surface area contributed by atoms with Crippen molar-refractivity contribution in [2.45, 2.75) is 52.0 Å². The van der Waals surface area contributed by atoms with Gasteiger partial charge in [-0.05, 0) is 57.7 Å². The van der Waals surface area contributed by atoms with Gasteiger partial charge in [-0.3, -0.25) is 0 Å². The van der Waals surface area contributed by atoms with Crippen molar-refractivity contribution in [1.82, 2.24) is 5.32 Å². The minimum atomic E-state index is 0.683. The van der Waals surface area contributed by atoms with Crippen molar-refractivity contribution >= 4 is 5.69 Å². The molecule has 0 bridgehead atoms. The van der Waals surface area contributed by atoms with Gasteiger partial charge in [-0.25, -0.2) is 0 Å². The maximum atomic E-state index is 3.40. The Balaban J connectivity index is 1.92. The predicted molar refractivity (Wildman–Crippen MR) is 84.1 cm³/mol. The zero-order valence-electron chi connectivity index (χ0n) is 12.7. The lowest BCUT2D eigenvalue weighted by atomic mass is 9.99. The van der Waals surface area contributed by atoms with Crippen LogP contribution in [0.5, 0.6) is 0 Å². The molecule has 1 N–H and O–H groups in total. The van der Waals surface area contributed by atoms with Gasteiger partial charge in [0.15, 0.2) is 0 Å². The van der Waals surface area contributed by atoms with Crippen LogP contribution in [0.25, 0.3) is 0 Å². The van der Waals surface area contributed by atoms with Crippen molar-refractivity contribution in [3.63, 3.8) is 0 Å². The van der Waals surface area contributed by atoms with E-state index in [9.17, 15) is 0 Å². The van der Waals surface area contributed by atoms with E-state index in [0.29, 0.717) is 6.04 Å². The standard InChI is InChI=1S/C17H28N2/c1-4-16(18-3)8-6-12-19-11-5-7-15-13-14(2)9-10-17(15)19/h9-10,13,16,18H,4-8,11-12H2,1-3H3. The first-order chi connectivity index (χ1) is 9.24. The number of nitrogens with one attached hydrogen (secondary N) is 1. The van der Waals surface area contributed by atoms with Crippen molar-refractivity contribution in [3.8, 4) is 0 Å². The Labute approximate surface area is 118 Å². The van der Waals surface area contributed by atoms with Crippen LogP contribution >= 0.6 is 0 Å². The molecular weight excluding hydrogens is 232 g/mol. The van der Waals surface area contributed by atoms with Crippen molar-refractivity contribution in [2.24, 2.45) is 0 Å². The Morgan fingerprint density at radius 1 is 1.37 bits per heavy atom. The van der Waals surface area contributed by atoms with Crippen molar-refractivity contribution < 1.29 is 0 Å². The number of benzene rings is 1. The SMILES string of the molecule is CCC(CCCN1CCCc2cc(C)ccc21)NC. The highest BCUT2D eigenvalue weighted by atomic mass is 15.1. The van der Waals surface area contributed by atoms with Crippen LogP contribution in [0.15, 0.2) is 18.2 Å². The molecule has 0 saturated carbocycles. The molecule has 1 aromatic rings. The van der Waals surface area contributed by atoms with Crippen LogP contribution < -0.4 is 10.2 Å². The molecule has 1 heterocycles. The van der Waals surface area contributed by atoms with Gasteiger partial charge in [0.05, 0.1) is 0 Å². The summed E-state index contributed by atoms with van der Waals surface area (Å²) in [4.78, 5) is 2.58. The molecule has 0 aliphatic carbocycles. The number of hydrogen-bond donors (Lipinski definition) is 1. The van der Waals surface area contributed by atoms with Crippen molar-refractivity contribution in [3.05, 3.63) is 29.3 Å². The number of hydrogen-bond acceptors (Lipinski definition) is 2. The zero-order valence-corrected chi connectivity index (χ0v) is 12.7. The van der Waals surface area contributed by atoms with Crippen LogP contribution in [-0.4, -0.2) is 26.2 Å². The maximum Gasteiger partial charge on any atom is 0.0398 e. The van der Waals surface area contributed by atoms with Crippen LogP contribution in [-0.2, 0) is 6.42 Å². The summed E-state index contributed by atoms with van der Waals surface area (Å²) in [6, 6.07) is 7.62. The average Bonchev–Trinajstić information content (AvgIpc) is 2.43. The van der Waals surface area contributed by atoms with Crippen LogP contribution in [0.3, 0.4) is 0 Å². The molecule has 19 heavy (non-hydrogen) atoms. The highest BCUT2D eigenvalue weighted by Gasteiger charge is 2.16. The summed E-state index contributed by atoms with van der Waals surface area (Å²) >= 11 is 0. The van der Waals surface area contributed by atoms with E-state index in [4.69, 9.17) is 0 Å². The fourth-order valence-corrected chi connectivity index (χ4v) is 3.12. The molecule has 1 atom stereocenters. The van der Waals surface area contributed by atoms with Gasteiger partial charge in [0.1, 0.15) is 0 Å². The Morgan fingerprint density at radius 3 is 2.95 bits per heavy atom. The lowest BCUT2D eigenvalue weighted by molar-refractivity contribution is 0.487. The maximum absolute atomic E-state index is 3.40. The topological polar surface area (TPSA) is 15.3 Å². The summed E-state index contributed by atoms with van der Waals surface area (Å²) in [5.41, 5.74) is 4.42. The van der Waals surface area contributed by atoms with Crippen LogP contribution in [0.1, 0.15) is 43.7 Å². The van der Waals surface area contributed by atoms with Crippen molar-refractivity contribution in [1.29, 1.82) is 0 Å². The molecule has 0 radical (unpaired) electrons. The third-order valence-electron chi connectivity index (χ3n) is 4.33. The number of anilines is 1. The largest absolute Gasteiger partial charge is 0.371 e. The smallest absolute Gasteiger partial charge is 0.0398 e. The molecule has 1 aliphatic rings. The van der Waals surface area contributed by atoms with E-state index in [1.54, 1.807) is 5.56 Å². The Hall–Kier alpha value is -1.02. The number of fused-ring (bicyclic) bond motifs is 1. The first-order valence-corrected chi connectivity index (χ1v) is 7.76. The average molecular weight is 260 g/mol. The van der Waals surface area contributed by atoms with E-state index < -0.39 is 0 Å². The summed E-state index contributed by atoms with van der Waals surface area (Å²) < 4.78 is 0. The summed E-state index contributed by atoms with van der Waals surface area (Å²) in [5, 5.41) is 3.40. The summed E-state index contributed by atoms with van der Waals surface area (Å²) in [7, 11) is 2.08. The lowest BCUT2D eigenvalue weighted by Gasteiger charge is -2.32. The van der Waals surface area contributed by atoms with Gasteiger partial charge >= 0.3 is 0 Å². The minimum absolute atomic E-state index is 0.683. The second kappa shape index (κ2) is 6.95. The van der Waals surface area contributed by atoms with E-state index >= 15 is 0 Å². The van der Waals surface area contributed by atoms with Gasteiger partial charge in [-0.15, -0.1) is 0 Å². The zero-order chi connectivity index (χ0) is 13.7. The monoisotopic (exact) mass is 260 g/mol. The second-order valence-electron chi connectivity index (χ2n) is 5.76. The molecule has 0 aromatic heterocycles. The Morgan fingerprint density at radius 2 is 2.21 bits per heavy atom. The molecule has 0 saturated heterocycles. The van der Waals surface area contributed by atoms with E-state index in [-0.39, 0.29) is 0 Å². The van der Waals surface area contributed by atoms with Crippen LogP contribution in [0, 0.1) is 6.92 Å². The Kier molecular flexibility index (Phi) is 5.26. The molecule has 0 spiro atoms. The van der Waals surface area contributed by atoms with Gasteiger partial charge in [0, 0.05) is 24.8 Å². The molecule has 0 fully saturated rings. The van der Waals surface area contributed by atoms with Crippen LogP contribution in [0.2, 0.25) is 0 Å². The van der Waals surface area contributed by atoms with Gasteiger partial charge in [-0.1, -0.05) is 24.6 Å². The summed E-state index contributed by atoms with van der Waals surface area (Å²) in [6.45, 7) is 6.89. The molecule has 2 nitrogen and oxygen atoms in total. The number of rotatable bonds is 6. The fraction of sp³-hybridized carbons (Fsp3) is 0.647. The second-order valence-corrected chi connectivity index (χ2v) is 5.76. The van der Waals surface area contributed by atoms with E-state index in [1.165, 1.54) is 56.4 Å². The highest BCUT2D eigenvalue weighted by molar-refractivity contribution is 5.56. The first-order valence-electron chi connectivity index (χ1n) is 7.76. The molecule has 2 heteroatoms. The molecule has 0 amide bonds. The molecule has 106 valence electrons. The first kappa shape index (κ1) is 14.4. The van der Waals surface area contributed by atoms with Crippen molar-refractivity contribution in [2.75, 3.05) is 25.0 Å². The summed E-state index contributed by atoms with van der Waals surface area (Å²) in [6.07, 6.45) is 6.35. The summed E-state index contributed by atoms with van der Waals surface area (Å²) in [5.74, 6) is 0. The van der Waals surface area contributed by atoms with Gasteiger partial charge < -0.3 is 10.2 Å². The van der Waals surface area contributed by atoms with Gasteiger partial charge in [-0.2, -0.15) is 0 Å². The van der Waals surface area contributed by atoms with E-state index in [0.717, 1.165) is 0 Å².